The second-order valence-electron chi connectivity index (χ2n) is 2.39. The molecule has 1 nitrogen and oxygen atoms in total. The van der Waals surface area contributed by atoms with E-state index in [4.69, 9.17) is 8.48 Å². The van der Waals surface area contributed by atoms with Crippen LogP contribution in [0.25, 0.3) is 0 Å². The van der Waals surface area contributed by atoms with Gasteiger partial charge in [-0.25, -0.2) is 0 Å². The predicted molar refractivity (Wildman–Crippen MR) is 35.8 cm³/mol. The maximum atomic E-state index is 7.03. The number of rotatable bonds is 0. The third kappa shape index (κ3) is 10.7. The molecule has 0 aliphatic rings. The van der Waals surface area contributed by atoms with E-state index in [0.717, 1.165) is 0 Å². The summed E-state index contributed by atoms with van der Waals surface area (Å²) in [5.41, 5.74) is 4.69. The molecule has 0 unspecified atom stereocenters. The Balaban J connectivity index is 0. The van der Waals surface area contributed by atoms with E-state index in [0.29, 0.717) is 0 Å². The molecule has 0 atom stereocenters. The predicted octanol–water partition coefficient (Wildman–Crippen LogP) is 1.41. The Hall–Kier alpha value is 0.250. The Labute approximate surface area is 54.5 Å². The summed E-state index contributed by atoms with van der Waals surface area (Å²) in [5.74, 6) is 0. The molecule has 0 aliphatic carbocycles. The smallest absolute Gasteiger partial charge is 0.0431 e. The Morgan fingerprint density at radius 2 is 1.71 bits per heavy atom. The summed E-state index contributed by atoms with van der Waals surface area (Å²) < 4.78 is 14.1. The standard InChI is InChI=1S/C5H13N.ClH/c1-5(2,3)4-6;/h4,6H2,1-3H3;1H/i4D2;. The molecule has 7 heavy (non-hydrogen) atoms. The fourth-order valence-corrected chi connectivity index (χ4v) is 0. The van der Waals surface area contributed by atoms with Gasteiger partial charge in [-0.3, -0.25) is 0 Å². The van der Waals surface area contributed by atoms with E-state index >= 15 is 0 Å². The van der Waals surface area contributed by atoms with Crippen LogP contribution in [-0.2, 0) is 0 Å². The number of nitrogens with two attached hydrogens (primary N) is 1. The molecule has 0 spiro atoms. The highest BCUT2D eigenvalue weighted by Crippen LogP contribution is 2.07. The molecule has 0 saturated heterocycles. The van der Waals surface area contributed by atoms with Gasteiger partial charge < -0.3 is 5.73 Å². The van der Waals surface area contributed by atoms with Crippen molar-refractivity contribution in [1.29, 1.82) is 0 Å². The first-order valence-corrected chi connectivity index (χ1v) is 2.04. The van der Waals surface area contributed by atoms with Gasteiger partial charge in [-0.2, -0.15) is 0 Å². The van der Waals surface area contributed by atoms with E-state index < -0.39 is 11.9 Å². The fraction of sp³-hybridized carbons (Fsp3) is 1.00. The molecule has 46 valence electrons. The lowest BCUT2D eigenvalue weighted by molar-refractivity contribution is 0.428. The lowest BCUT2D eigenvalue weighted by Gasteiger charge is -2.12. The van der Waals surface area contributed by atoms with E-state index in [1.165, 1.54) is 0 Å². The van der Waals surface area contributed by atoms with Gasteiger partial charge in [0.1, 0.15) is 0 Å². The summed E-state index contributed by atoms with van der Waals surface area (Å²) in [6, 6.07) is 0. The van der Waals surface area contributed by atoms with Crippen LogP contribution in [0.4, 0.5) is 0 Å². The van der Waals surface area contributed by atoms with E-state index in [1.807, 2.05) is 0 Å². The van der Waals surface area contributed by atoms with Crippen molar-refractivity contribution >= 4 is 12.4 Å². The molecule has 0 amide bonds. The molecular weight excluding hydrogens is 110 g/mol. The van der Waals surface area contributed by atoms with Crippen LogP contribution in [0, 0.1) is 5.41 Å². The van der Waals surface area contributed by atoms with Crippen molar-refractivity contribution < 1.29 is 2.74 Å². The summed E-state index contributed by atoms with van der Waals surface area (Å²) in [4.78, 5) is 0. The monoisotopic (exact) mass is 125 g/mol. The third-order valence-electron chi connectivity index (χ3n) is 0.433. The molecule has 0 aliphatic heterocycles. The SMILES string of the molecule is Cl.[2H]C([2H])(N)C(C)(C)C. The summed E-state index contributed by atoms with van der Waals surface area (Å²) in [5, 5.41) is 0. The first kappa shape index (κ1) is 5.39. The molecule has 0 radical (unpaired) electrons. The van der Waals surface area contributed by atoms with Crippen LogP contribution in [0.3, 0.4) is 0 Å². The van der Waals surface area contributed by atoms with Crippen molar-refractivity contribution in [3.05, 3.63) is 0 Å². The molecule has 0 saturated carbocycles. The summed E-state index contributed by atoms with van der Waals surface area (Å²) in [6.07, 6.45) is 0. The minimum Gasteiger partial charge on any atom is -0.330 e. The van der Waals surface area contributed by atoms with Gasteiger partial charge in [0.25, 0.3) is 0 Å². The van der Waals surface area contributed by atoms with E-state index in [-0.39, 0.29) is 12.4 Å². The van der Waals surface area contributed by atoms with E-state index in [2.05, 4.69) is 0 Å². The first-order valence-electron chi connectivity index (χ1n) is 3.04. The zero-order valence-electron chi connectivity index (χ0n) is 6.99. The van der Waals surface area contributed by atoms with Crippen molar-refractivity contribution in [2.45, 2.75) is 20.8 Å². The lowest BCUT2D eigenvalue weighted by Crippen LogP contribution is -2.18. The van der Waals surface area contributed by atoms with Crippen LogP contribution in [0.2, 0.25) is 0 Å². The van der Waals surface area contributed by atoms with Gasteiger partial charge in [0.2, 0.25) is 0 Å². The first-order chi connectivity index (χ1) is 3.25. The largest absolute Gasteiger partial charge is 0.330 e. The second-order valence-corrected chi connectivity index (χ2v) is 2.39. The van der Waals surface area contributed by atoms with Gasteiger partial charge in [-0.15, -0.1) is 12.4 Å². The molecule has 2 N–H and O–H groups in total. The molecule has 0 aromatic rings. The fourth-order valence-electron chi connectivity index (χ4n) is 0. The molecule has 0 fully saturated rings. The Kier molecular flexibility index (Phi) is 2.52. The highest BCUT2D eigenvalue weighted by molar-refractivity contribution is 5.85. The molecule has 0 aromatic heterocycles. The van der Waals surface area contributed by atoms with Crippen molar-refractivity contribution in [3.8, 4) is 0 Å². The van der Waals surface area contributed by atoms with Gasteiger partial charge in [-0.05, 0) is 11.9 Å². The molecule has 0 bridgehead atoms. The van der Waals surface area contributed by atoms with Crippen LogP contribution in [0.5, 0.6) is 0 Å². The van der Waals surface area contributed by atoms with Crippen LogP contribution in [-0.4, -0.2) is 6.50 Å². The Bertz CT molecular complexity index is 69.9. The van der Waals surface area contributed by atoms with Gasteiger partial charge in [0, 0.05) is 2.74 Å². The van der Waals surface area contributed by atoms with E-state index in [1.54, 1.807) is 20.8 Å². The third-order valence-corrected chi connectivity index (χ3v) is 0.433. The van der Waals surface area contributed by atoms with Gasteiger partial charge in [0.15, 0.2) is 0 Å². The molecule has 0 heterocycles. The highest BCUT2D eigenvalue weighted by Gasteiger charge is 2.03. The Morgan fingerprint density at radius 1 is 1.57 bits per heavy atom. The van der Waals surface area contributed by atoms with Crippen molar-refractivity contribution in [1.82, 2.24) is 0 Å². The van der Waals surface area contributed by atoms with E-state index in [9.17, 15) is 0 Å². The van der Waals surface area contributed by atoms with Gasteiger partial charge in [-0.1, -0.05) is 20.8 Å². The summed E-state index contributed by atoms with van der Waals surface area (Å²) >= 11 is 0. The second kappa shape index (κ2) is 3.28. The average Bonchev–Trinajstić information content (AvgIpc) is 1.25. The molecule has 2 heteroatoms. The average molecular weight is 126 g/mol. The van der Waals surface area contributed by atoms with Crippen LogP contribution < -0.4 is 5.73 Å². The normalized spacial score (nSPS) is 16.6. The van der Waals surface area contributed by atoms with Crippen molar-refractivity contribution in [2.24, 2.45) is 11.1 Å². The topological polar surface area (TPSA) is 26.0 Å². The highest BCUT2D eigenvalue weighted by atomic mass is 35.5. The summed E-state index contributed by atoms with van der Waals surface area (Å²) in [7, 11) is 0. The van der Waals surface area contributed by atoms with Crippen LogP contribution in [0.15, 0.2) is 0 Å². The number of hydrogen-bond donors (Lipinski definition) is 1. The minimum absolute atomic E-state index is 0. The maximum absolute atomic E-state index is 7.03. The minimum atomic E-state index is -1.56. The van der Waals surface area contributed by atoms with Gasteiger partial charge in [0.05, 0.1) is 0 Å². The quantitative estimate of drug-likeness (QED) is 0.521. The summed E-state index contributed by atoms with van der Waals surface area (Å²) in [6.45, 7) is 3.75. The van der Waals surface area contributed by atoms with Crippen LogP contribution in [0.1, 0.15) is 23.5 Å². The van der Waals surface area contributed by atoms with Crippen LogP contribution >= 0.6 is 12.4 Å². The molecular formula is C5H14ClN. The zero-order chi connectivity index (χ0) is 7.00. The number of halogens is 1. The van der Waals surface area contributed by atoms with Gasteiger partial charge >= 0.3 is 0 Å². The lowest BCUT2D eigenvalue weighted by atomic mass is 9.98. The zero-order valence-corrected chi connectivity index (χ0v) is 5.80. The Morgan fingerprint density at radius 3 is 1.71 bits per heavy atom. The van der Waals surface area contributed by atoms with Crippen molar-refractivity contribution in [2.75, 3.05) is 6.50 Å². The van der Waals surface area contributed by atoms with Crippen molar-refractivity contribution in [3.63, 3.8) is 0 Å². The number of hydrogen-bond acceptors (Lipinski definition) is 1. The maximum Gasteiger partial charge on any atom is 0.0431 e. The molecule has 0 aromatic carbocycles. The molecule has 0 rings (SSSR count).